The molecule has 0 atom stereocenters. The summed E-state index contributed by atoms with van der Waals surface area (Å²) in [4.78, 5) is 18.3. The number of fused-ring (bicyclic) bond motifs is 2. The minimum absolute atomic E-state index is 0.180. The highest BCUT2D eigenvalue weighted by atomic mass is 79.9. The van der Waals surface area contributed by atoms with Gasteiger partial charge in [0.2, 0.25) is 0 Å². The molecule has 5 rings (SSSR count). The predicted molar refractivity (Wildman–Crippen MR) is 148 cm³/mol. The van der Waals surface area contributed by atoms with Gasteiger partial charge in [-0.15, -0.1) is 0 Å². The first-order chi connectivity index (χ1) is 16.7. The van der Waals surface area contributed by atoms with Crippen molar-refractivity contribution in [1.82, 2.24) is 14.2 Å². The van der Waals surface area contributed by atoms with Gasteiger partial charge >= 0.3 is 0 Å². The van der Waals surface area contributed by atoms with E-state index in [1.807, 2.05) is 45.0 Å². The fraction of sp³-hybridized carbons (Fsp3) is 0.207. The lowest BCUT2D eigenvalue weighted by Gasteiger charge is -2.20. The summed E-state index contributed by atoms with van der Waals surface area (Å²) in [5, 5.41) is 6.31. The molecular weight excluding hydrogens is 500 g/mol. The second kappa shape index (κ2) is 8.93. The zero-order valence-corrected chi connectivity index (χ0v) is 21.9. The first kappa shape index (κ1) is 23.2. The zero-order valence-electron chi connectivity index (χ0n) is 20.3. The molecule has 0 saturated carbocycles. The monoisotopic (exact) mass is 526 g/mol. The number of hydrogen-bond acceptors (Lipinski definition) is 3. The smallest absolute Gasteiger partial charge is 0.282 e. The van der Waals surface area contributed by atoms with E-state index in [9.17, 15) is 4.79 Å². The van der Waals surface area contributed by atoms with Crippen LogP contribution in [-0.4, -0.2) is 20.4 Å². The number of rotatable bonds is 4. The van der Waals surface area contributed by atoms with Crippen molar-refractivity contribution < 1.29 is 0 Å². The Morgan fingerprint density at radius 2 is 1.74 bits per heavy atom. The van der Waals surface area contributed by atoms with Crippen molar-refractivity contribution in [3.8, 4) is 0 Å². The minimum atomic E-state index is -0.364. The molecule has 0 fully saturated rings. The van der Waals surface area contributed by atoms with Crippen molar-refractivity contribution in [3.63, 3.8) is 0 Å². The predicted octanol–water partition coefficient (Wildman–Crippen LogP) is 6.65. The molecule has 0 aliphatic carbocycles. The van der Waals surface area contributed by atoms with Crippen LogP contribution in [0.5, 0.6) is 0 Å². The largest absolute Gasteiger partial charge is 0.342 e. The Morgan fingerprint density at radius 3 is 2.49 bits per heavy atom. The highest BCUT2D eigenvalue weighted by Gasteiger charge is 2.23. The molecule has 35 heavy (non-hydrogen) atoms. The summed E-state index contributed by atoms with van der Waals surface area (Å²) in [5.74, 6) is 0.622. The van der Waals surface area contributed by atoms with Gasteiger partial charge in [0, 0.05) is 39.1 Å². The van der Waals surface area contributed by atoms with Crippen LogP contribution >= 0.6 is 15.9 Å². The van der Waals surface area contributed by atoms with Gasteiger partial charge in [0.05, 0.1) is 17.1 Å². The van der Waals surface area contributed by atoms with Gasteiger partial charge in [-0.25, -0.2) is 4.98 Å². The molecular formula is C29H27BrN4O. The molecule has 0 aliphatic heterocycles. The molecule has 2 heterocycles. The fourth-order valence-corrected chi connectivity index (χ4v) is 4.62. The first-order valence-corrected chi connectivity index (χ1v) is 12.4. The number of benzene rings is 3. The maximum atomic E-state index is 13.5. The van der Waals surface area contributed by atoms with Gasteiger partial charge in [-0.3, -0.25) is 4.79 Å². The standard InChI is InChI=1S/C29H27BrN4O/c1-19-9-11-20(12-10-19)17-33-18-21(23-7-5-6-8-26(23)33)16-31-34-27(35)24-15-22(30)13-14-25(24)32-28(34)29(2,3)4/h5-16,18H,17H2,1-4H3. The molecule has 2 aromatic heterocycles. The van der Waals surface area contributed by atoms with Crippen LogP contribution in [0.1, 0.15) is 43.3 Å². The third-order valence-corrected chi connectivity index (χ3v) is 6.58. The molecule has 0 amide bonds. The molecule has 0 aliphatic rings. The summed E-state index contributed by atoms with van der Waals surface area (Å²) < 4.78 is 4.51. The Bertz CT molecular complexity index is 1640. The van der Waals surface area contributed by atoms with Crippen LogP contribution in [0.25, 0.3) is 21.8 Å². The van der Waals surface area contributed by atoms with Crippen LogP contribution < -0.4 is 5.56 Å². The number of para-hydroxylation sites is 1. The third-order valence-electron chi connectivity index (χ3n) is 6.08. The molecule has 3 aromatic carbocycles. The molecule has 0 saturated heterocycles. The number of nitrogens with zero attached hydrogens (tertiary/aromatic N) is 4. The van der Waals surface area contributed by atoms with Crippen molar-refractivity contribution in [2.45, 2.75) is 39.7 Å². The Hall–Kier alpha value is -3.51. The summed E-state index contributed by atoms with van der Waals surface area (Å²) in [6.07, 6.45) is 3.87. The van der Waals surface area contributed by atoms with E-state index in [0.29, 0.717) is 16.7 Å². The van der Waals surface area contributed by atoms with Crippen molar-refractivity contribution in [1.29, 1.82) is 0 Å². The lowest BCUT2D eigenvalue weighted by Crippen LogP contribution is -2.29. The van der Waals surface area contributed by atoms with Crippen LogP contribution in [0.2, 0.25) is 0 Å². The summed E-state index contributed by atoms with van der Waals surface area (Å²) in [5.41, 5.74) is 4.68. The maximum Gasteiger partial charge on any atom is 0.282 e. The number of aromatic nitrogens is 3. The van der Waals surface area contributed by atoms with E-state index in [1.54, 1.807) is 12.3 Å². The van der Waals surface area contributed by atoms with Crippen LogP contribution in [0.3, 0.4) is 0 Å². The Labute approximate surface area is 212 Å². The van der Waals surface area contributed by atoms with E-state index in [2.05, 4.69) is 70.0 Å². The maximum absolute atomic E-state index is 13.5. The van der Waals surface area contributed by atoms with E-state index in [4.69, 9.17) is 10.1 Å². The lowest BCUT2D eigenvalue weighted by atomic mass is 9.95. The lowest BCUT2D eigenvalue weighted by molar-refractivity contribution is 0.506. The van der Waals surface area contributed by atoms with E-state index in [1.165, 1.54) is 15.8 Å². The summed E-state index contributed by atoms with van der Waals surface area (Å²) in [6, 6.07) is 22.4. The SMILES string of the molecule is Cc1ccc(Cn2cc(C=Nn3c(C(C)(C)C)nc4ccc(Br)cc4c3=O)c3ccccc32)cc1. The quantitative estimate of drug-likeness (QED) is 0.246. The average Bonchev–Trinajstić information content (AvgIpc) is 3.17. The van der Waals surface area contributed by atoms with E-state index in [0.717, 1.165) is 27.5 Å². The van der Waals surface area contributed by atoms with E-state index in [-0.39, 0.29) is 11.0 Å². The van der Waals surface area contributed by atoms with Crippen molar-refractivity contribution in [2.75, 3.05) is 0 Å². The molecule has 5 aromatic rings. The van der Waals surface area contributed by atoms with Crippen LogP contribution in [0, 0.1) is 6.92 Å². The second-order valence-corrected chi connectivity index (χ2v) is 10.8. The zero-order chi connectivity index (χ0) is 24.7. The molecule has 6 heteroatoms. The fourth-order valence-electron chi connectivity index (χ4n) is 4.26. The number of hydrogen-bond donors (Lipinski definition) is 0. The minimum Gasteiger partial charge on any atom is -0.342 e. The average molecular weight is 527 g/mol. The summed E-state index contributed by atoms with van der Waals surface area (Å²) in [6.45, 7) is 8.97. The Morgan fingerprint density at radius 1 is 1.00 bits per heavy atom. The summed E-state index contributed by atoms with van der Waals surface area (Å²) in [7, 11) is 0. The van der Waals surface area contributed by atoms with E-state index < -0.39 is 0 Å². The third kappa shape index (κ3) is 4.58. The molecule has 0 radical (unpaired) electrons. The normalized spacial score (nSPS) is 12.3. The second-order valence-electron chi connectivity index (χ2n) is 9.92. The highest BCUT2D eigenvalue weighted by Crippen LogP contribution is 2.24. The highest BCUT2D eigenvalue weighted by molar-refractivity contribution is 9.10. The first-order valence-electron chi connectivity index (χ1n) is 11.6. The van der Waals surface area contributed by atoms with Crippen molar-refractivity contribution in [3.05, 3.63) is 110 Å². The Kier molecular flexibility index (Phi) is 5.93. The Balaban J connectivity index is 1.63. The van der Waals surface area contributed by atoms with Gasteiger partial charge in [-0.1, -0.05) is 84.7 Å². The van der Waals surface area contributed by atoms with Crippen LogP contribution in [0.15, 0.2) is 87.3 Å². The van der Waals surface area contributed by atoms with E-state index >= 15 is 0 Å². The van der Waals surface area contributed by atoms with Gasteiger partial charge in [0.1, 0.15) is 5.82 Å². The molecule has 0 N–H and O–H groups in total. The van der Waals surface area contributed by atoms with Crippen LogP contribution in [-0.2, 0) is 12.0 Å². The molecule has 5 nitrogen and oxygen atoms in total. The molecule has 0 bridgehead atoms. The van der Waals surface area contributed by atoms with Gasteiger partial charge in [-0.05, 0) is 36.8 Å². The number of aryl methyl sites for hydroxylation is 1. The van der Waals surface area contributed by atoms with Gasteiger partial charge in [-0.2, -0.15) is 9.78 Å². The molecule has 0 spiro atoms. The van der Waals surface area contributed by atoms with Gasteiger partial charge in [0.25, 0.3) is 5.56 Å². The van der Waals surface area contributed by atoms with Crippen LogP contribution in [0.4, 0.5) is 0 Å². The topological polar surface area (TPSA) is 52.2 Å². The van der Waals surface area contributed by atoms with Crippen molar-refractivity contribution >= 4 is 44.0 Å². The molecule has 0 unspecified atom stereocenters. The van der Waals surface area contributed by atoms with Gasteiger partial charge < -0.3 is 4.57 Å². The van der Waals surface area contributed by atoms with Gasteiger partial charge in [0.15, 0.2) is 0 Å². The summed E-state index contributed by atoms with van der Waals surface area (Å²) >= 11 is 3.47. The number of halogens is 1. The molecule has 176 valence electrons. The van der Waals surface area contributed by atoms with Crippen molar-refractivity contribution in [2.24, 2.45) is 5.10 Å².